The van der Waals surface area contributed by atoms with Crippen molar-refractivity contribution >= 4 is 35.1 Å². The van der Waals surface area contributed by atoms with Crippen LogP contribution in [0.5, 0.6) is 0 Å². The molecule has 0 saturated carbocycles. The number of guanidine groups is 1. The molecule has 0 radical (unpaired) electrons. The van der Waals surface area contributed by atoms with E-state index in [1.165, 1.54) is 0 Å². The lowest BCUT2D eigenvalue weighted by molar-refractivity contribution is -0.119. The maximum Gasteiger partial charge on any atom is 0.251 e. The van der Waals surface area contributed by atoms with Gasteiger partial charge in [-0.25, -0.2) is 10.0 Å². The summed E-state index contributed by atoms with van der Waals surface area (Å²) >= 11 is 0. The van der Waals surface area contributed by atoms with Crippen molar-refractivity contribution in [3.63, 3.8) is 0 Å². The zero-order valence-corrected chi connectivity index (χ0v) is 16.8. The monoisotopic (exact) mass is 385 g/mol. The Balaban J connectivity index is 1.60. The van der Waals surface area contributed by atoms with Crippen molar-refractivity contribution in [3.05, 3.63) is 71.8 Å². The molecule has 2 aliphatic heterocycles. The van der Waals surface area contributed by atoms with Crippen molar-refractivity contribution < 1.29 is 4.79 Å². The Kier molecular flexibility index (Phi) is 5.08. The molecule has 1 atom stereocenters. The normalized spacial score (nSPS) is 18.9. The van der Waals surface area contributed by atoms with Gasteiger partial charge in [-0.1, -0.05) is 48.5 Å². The molecule has 1 unspecified atom stereocenters. The van der Waals surface area contributed by atoms with Gasteiger partial charge in [-0.05, 0) is 36.3 Å². The van der Waals surface area contributed by atoms with Crippen LogP contribution >= 0.6 is 0 Å². The van der Waals surface area contributed by atoms with Crippen molar-refractivity contribution in [2.24, 2.45) is 15.1 Å². The molecule has 0 aliphatic carbocycles. The number of carbonyl (C=O) groups is 1. The van der Waals surface area contributed by atoms with Crippen molar-refractivity contribution in [3.8, 4) is 0 Å². The number of aliphatic imine (C=N–C) groups is 2. The van der Waals surface area contributed by atoms with Crippen LogP contribution in [0.4, 0.5) is 5.69 Å². The number of amides is 1. The fourth-order valence-electron chi connectivity index (χ4n) is 3.34. The lowest BCUT2D eigenvalue weighted by Gasteiger charge is -2.33. The van der Waals surface area contributed by atoms with E-state index in [0.29, 0.717) is 18.1 Å². The third-order valence-electron chi connectivity index (χ3n) is 4.97. The van der Waals surface area contributed by atoms with E-state index in [1.807, 2.05) is 63.5 Å². The Morgan fingerprint density at radius 1 is 1.00 bits per heavy atom. The van der Waals surface area contributed by atoms with Gasteiger partial charge < -0.3 is 4.90 Å². The SMILES string of the molecule is CC1=NN2C(=NC(=O)CC2c2ccccc2)N=C1/C=C/c1ccc(N(C)C)cc1. The molecule has 2 heterocycles. The number of nitrogens with zero attached hydrogens (tertiary/aromatic N) is 5. The number of hydrogen-bond acceptors (Lipinski definition) is 5. The minimum absolute atomic E-state index is 0.175. The van der Waals surface area contributed by atoms with E-state index in [1.54, 1.807) is 5.01 Å². The first-order valence-electron chi connectivity index (χ1n) is 9.57. The minimum atomic E-state index is -0.181. The highest BCUT2D eigenvalue weighted by Gasteiger charge is 2.33. The predicted molar refractivity (Wildman–Crippen MR) is 118 cm³/mol. The van der Waals surface area contributed by atoms with Gasteiger partial charge in [0.05, 0.1) is 23.9 Å². The number of hydrazone groups is 1. The average Bonchev–Trinajstić information content (AvgIpc) is 2.73. The topological polar surface area (TPSA) is 60.6 Å². The van der Waals surface area contributed by atoms with Crippen LogP contribution in [0.25, 0.3) is 6.08 Å². The smallest absolute Gasteiger partial charge is 0.251 e. The molecule has 146 valence electrons. The number of benzene rings is 2. The standard InChI is InChI=1S/C23H23N5O/c1-16-20(14-11-17-9-12-19(13-10-17)27(2)3)24-23-25-22(29)15-21(28(23)26-16)18-7-5-4-6-8-18/h4-14,21H,15H2,1-3H3/b14-11+. The number of hydrogen-bond donors (Lipinski definition) is 0. The zero-order valence-electron chi connectivity index (χ0n) is 16.8. The zero-order chi connectivity index (χ0) is 20.4. The number of carbonyl (C=O) groups excluding carboxylic acids is 1. The van der Waals surface area contributed by atoms with Crippen LogP contribution in [-0.2, 0) is 4.79 Å². The molecular formula is C23H23N5O. The quantitative estimate of drug-likeness (QED) is 0.801. The van der Waals surface area contributed by atoms with Crippen LogP contribution in [0.3, 0.4) is 0 Å². The molecule has 6 nitrogen and oxygen atoms in total. The predicted octanol–water partition coefficient (Wildman–Crippen LogP) is 3.93. The van der Waals surface area contributed by atoms with Gasteiger partial charge >= 0.3 is 0 Å². The molecule has 4 rings (SSSR count). The van der Waals surface area contributed by atoms with Gasteiger partial charge in [-0.15, -0.1) is 0 Å². The first-order chi connectivity index (χ1) is 14.0. The van der Waals surface area contributed by atoms with E-state index in [9.17, 15) is 4.79 Å². The second-order valence-electron chi connectivity index (χ2n) is 7.28. The number of anilines is 1. The van der Waals surface area contributed by atoms with Gasteiger partial charge in [0.15, 0.2) is 0 Å². The molecule has 2 aliphatic rings. The second-order valence-corrected chi connectivity index (χ2v) is 7.28. The van der Waals surface area contributed by atoms with Crippen molar-refractivity contribution in [1.82, 2.24) is 5.01 Å². The molecule has 0 N–H and O–H groups in total. The van der Waals surface area contributed by atoms with Crippen LogP contribution < -0.4 is 4.90 Å². The maximum atomic E-state index is 12.2. The maximum absolute atomic E-state index is 12.2. The summed E-state index contributed by atoms with van der Waals surface area (Å²) in [6.45, 7) is 1.92. The lowest BCUT2D eigenvalue weighted by atomic mass is 10.0. The number of fused-ring (bicyclic) bond motifs is 1. The van der Waals surface area contributed by atoms with Crippen molar-refractivity contribution in [2.75, 3.05) is 19.0 Å². The van der Waals surface area contributed by atoms with Gasteiger partial charge in [0, 0.05) is 19.8 Å². The summed E-state index contributed by atoms with van der Waals surface area (Å²) < 4.78 is 0. The fraction of sp³-hybridized carbons (Fsp3) is 0.217. The van der Waals surface area contributed by atoms with E-state index in [0.717, 1.165) is 22.5 Å². The highest BCUT2D eigenvalue weighted by molar-refractivity contribution is 6.48. The molecule has 1 amide bonds. The first kappa shape index (κ1) is 18.8. The van der Waals surface area contributed by atoms with E-state index in [2.05, 4.69) is 39.2 Å². The fourth-order valence-corrected chi connectivity index (χ4v) is 3.34. The largest absolute Gasteiger partial charge is 0.378 e. The molecule has 29 heavy (non-hydrogen) atoms. The molecule has 6 heteroatoms. The van der Waals surface area contributed by atoms with Gasteiger partial charge in [0.1, 0.15) is 0 Å². The van der Waals surface area contributed by atoms with Crippen LogP contribution in [0.2, 0.25) is 0 Å². The minimum Gasteiger partial charge on any atom is -0.378 e. The Labute approximate surface area is 170 Å². The third-order valence-corrected chi connectivity index (χ3v) is 4.97. The first-order valence-corrected chi connectivity index (χ1v) is 9.57. The van der Waals surface area contributed by atoms with E-state index in [-0.39, 0.29) is 11.9 Å². The molecule has 2 aromatic carbocycles. The summed E-state index contributed by atoms with van der Waals surface area (Å²) in [5.74, 6) is 0.175. The van der Waals surface area contributed by atoms with Gasteiger partial charge in [0.2, 0.25) is 0 Å². The Morgan fingerprint density at radius 3 is 2.41 bits per heavy atom. The molecule has 0 fully saturated rings. The highest BCUT2D eigenvalue weighted by atomic mass is 16.1. The van der Waals surface area contributed by atoms with Crippen LogP contribution in [0, 0.1) is 0 Å². The number of allylic oxidation sites excluding steroid dienone is 1. The third kappa shape index (κ3) is 4.01. The van der Waals surface area contributed by atoms with Crippen LogP contribution in [0.1, 0.15) is 30.5 Å². The summed E-state index contributed by atoms with van der Waals surface area (Å²) in [5.41, 5.74) is 4.74. The van der Waals surface area contributed by atoms with Crippen LogP contribution in [-0.4, -0.2) is 42.4 Å². The van der Waals surface area contributed by atoms with Crippen molar-refractivity contribution in [1.29, 1.82) is 0 Å². The molecule has 2 aromatic rings. The highest BCUT2D eigenvalue weighted by Crippen LogP contribution is 2.30. The Morgan fingerprint density at radius 2 is 1.72 bits per heavy atom. The summed E-state index contributed by atoms with van der Waals surface area (Å²) in [6, 6.07) is 18.0. The Hall–Kier alpha value is -3.54. The van der Waals surface area contributed by atoms with E-state index < -0.39 is 0 Å². The summed E-state index contributed by atoms with van der Waals surface area (Å²) in [6.07, 6.45) is 4.20. The van der Waals surface area contributed by atoms with Gasteiger partial charge in [-0.3, -0.25) is 4.79 Å². The lowest BCUT2D eigenvalue weighted by Crippen LogP contribution is -2.39. The van der Waals surface area contributed by atoms with Gasteiger partial charge in [0.25, 0.3) is 11.9 Å². The molecule has 0 bridgehead atoms. The summed E-state index contributed by atoms with van der Waals surface area (Å²) in [7, 11) is 4.03. The molecular weight excluding hydrogens is 362 g/mol. The van der Waals surface area contributed by atoms with E-state index >= 15 is 0 Å². The Bertz CT molecular complexity index is 1030. The van der Waals surface area contributed by atoms with Crippen LogP contribution in [0.15, 0.2) is 75.8 Å². The molecule has 0 saturated heterocycles. The van der Waals surface area contributed by atoms with E-state index in [4.69, 9.17) is 5.10 Å². The second kappa shape index (κ2) is 7.83. The number of rotatable bonds is 4. The molecule has 0 aromatic heterocycles. The van der Waals surface area contributed by atoms with Gasteiger partial charge in [-0.2, -0.15) is 10.1 Å². The summed E-state index contributed by atoms with van der Waals surface area (Å²) in [5, 5.41) is 6.46. The van der Waals surface area contributed by atoms with Crippen molar-refractivity contribution in [2.45, 2.75) is 19.4 Å². The average molecular weight is 385 g/mol. The molecule has 0 spiro atoms. The summed E-state index contributed by atoms with van der Waals surface area (Å²) in [4.78, 5) is 23.0.